The van der Waals surface area contributed by atoms with Gasteiger partial charge in [-0.1, -0.05) is 29.3 Å². The second kappa shape index (κ2) is 3.14. The molecule has 2 rings (SSSR count). The Bertz CT molecular complexity index is 395. The Kier molecular flexibility index (Phi) is 2.20. The second-order valence-electron chi connectivity index (χ2n) is 3.69. The van der Waals surface area contributed by atoms with Gasteiger partial charge in [0.15, 0.2) is 0 Å². The van der Waals surface area contributed by atoms with Gasteiger partial charge in [0.25, 0.3) is 0 Å². The van der Waals surface area contributed by atoms with Gasteiger partial charge in [-0.15, -0.1) is 0 Å². The smallest absolute Gasteiger partial charge is 0.223 e. The number of carbonyl (C=O) groups is 1. The van der Waals surface area contributed by atoms with E-state index in [-0.39, 0.29) is 11.4 Å². The van der Waals surface area contributed by atoms with Crippen LogP contribution < -0.4 is 5.32 Å². The molecule has 0 aliphatic carbocycles. The fraction of sp³-hybridized carbons (Fsp3) is 0.300. The number of hydrogen-bond acceptors (Lipinski definition) is 1. The van der Waals surface area contributed by atoms with Gasteiger partial charge in [-0.3, -0.25) is 4.79 Å². The maximum atomic E-state index is 10.9. The molecule has 1 fully saturated rings. The molecule has 1 aromatic carbocycles. The zero-order chi connectivity index (χ0) is 10.3. The van der Waals surface area contributed by atoms with Crippen molar-refractivity contribution in [1.29, 1.82) is 0 Å². The van der Waals surface area contributed by atoms with Gasteiger partial charge in [-0.2, -0.15) is 0 Å². The van der Waals surface area contributed by atoms with Gasteiger partial charge in [0.2, 0.25) is 5.91 Å². The van der Waals surface area contributed by atoms with E-state index in [1.165, 1.54) is 0 Å². The van der Waals surface area contributed by atoms with Crippen molar-refractivity contribution in [3.63, 3.8) is 0 Å². The van der Waals surface area contributed by atoms with Gasteiger partial charge in [0.05, 0.1) is 22.0 Å². The SMILES string of the molecule is CC1(c2ccc(Cl)c(Cl)c2)CC(=O)N1. The molecule has 74 valence electrons. The van der Waals surface area contributed by atoms with E-state index >= 15 is 0 Å². The van der Waals surface area contributed by atoms with Gasteiger partial charge >= 0.3 is 0 Å². The first kappa shape index (κ1) is 9.81. The summed E-state index contributed by atoms with van der Waals surface area (Å²) in [6, 6.07) is 5.42. The third kappa shape index (κ3) is 1.49. The molecule has 2 nitrogen and oxygen atoms in total. The summed E-state index contributed by atoms with van der Waals surface area (Å²) in [5.74, 6) is 0.0681. The minimum Gasteiger partial charge on any atom is -0.346 e. The fourth-order valence-corrected chi connectivity index (χ4v) is 1.92. The molecule has 0 bridgehead atoms. The van der Waals surface area contributed by atoms with E-state index in [4.69, 9.17) is 23.2 Å². The summed E-state index contributed by atoms with van der Waals surface area (Å²) in [6.45, 7) is 1.97. The topological polar surface area (TPSA) is 29.1 Å². The number of halogens is 2. The molecular weight excluding hydrogens is 221 g/mol. The predicted molar refractivity (Wildman–Crippen MR) is 56.6 cm³/mol. The summed E-state index contributed by atoms with van der Waals surface area (Å²) in [4.78, 5) is 10.9. The lowest BCUT2D eigenvalue weighted by Crippen LogP contribution is -2.56. The molecule has 1 N–H and O–H groups in total. The molecular formula is C10H9Cl2NO. The van der Waals surface area contributed by atoms with Crippen LogP contribution in [-0.4, -0.2) is 5.91 Å². The number of amides is 1. The molecule has 0 spiro atoms. The largest absolute Gasteiger partial charge is 0.346 e. The molecule has 0 saturated carbocycles. The molecule has 1 unspecified atom stereocenters. The summed E-state index contributed by atoms with van der Waals surface area (Å²) in [5.41, 5.74) is 0.720. The maximum absolute atomic E-state index is 10.9. The first-order valence-corrected chi connectivity index (χ1v) is 5.03. The van der Waals surface area contributed by atoms with E-state index in [0.717, 1.165) is 5.56 Å². The lowest BCUT2D eigenvalue weighted by molar-refractivity contribution is -0.132. The van der Waals surface area contributed by atoms with Crippen molar-refractivity contribution < 1.29 is 4.79 Å². The molecule has 1 aromatic rings. The van der Waals surface area contributed by atoms with E-state index in [0.29, 0.717) is 16.5 Å². The van der Waals surface area contributed by atoms with Crippen molar-refractivity contribution in [2.45, 2.75) is 18.9 Å². The zero-order valence-corrected chi connectivity index (χ0v) is 9.12. The van der Waals surface area contributed by atoms with Gasteiger partial charge in [-0.25, -0.2) is 0 Å². The van der Waals surface area contributed by atoms with E-state index in [1.54, 1.807) is 12.1 Å². The number of hydrogen-bond donors (Lipinski definition) is 1. The Labute approximate surface area is 92.2 Å². The molecule has 0 aromatic heterocycles. The standard InChI is InChI=1S/C10H9Cl2NO/c1-10(5-9(14)13-10)6-2-3-7(11)8(12)4-6/h2-4H,5H2,1H3,(H,13,14). The highest BCUT2D eigenvalue weighted by Crippen LogP contribution is 2.34. The molecule has 1 heterocycles. The summed E-state index contributed by atoms with van der Waals surface area (Å²) in [5, 5.41) is 3.89. The lowest BCUT2D eigenvalue weighted by atomic mass is 9.82. The molecule has 1 atom stereocenters. The van der Waals surface area contributed by atoms with E-state index < -0.39 is 0 Å². The van der Waals surface area contributed by atoms with Crippen LogP contribution in [0.3, 0.4) is 0 Å². The number of β-lactam (4-membered cyclic amide) rings is 1. The van der Waals surface area contributed by atoms with Crippen LogP contribution in [0.15, 0.2) is 18.2 Å². The van der Waals surface area contributed by atoms with Crippen molar-refractivity contribution in [2.75, 3.05) is 0 Å². The van der Waals surface area contributed by atoms with Gasteiger partial charge in [0, 0.05) is 0 Å². The Balaban J connectivity index is 2.34. The summed E-state index contributed by atoms with van der Waals surface area (Å²) in [6.07, 6.45) is 0.505. The predicted octanol–water partition coefficient (Wildman–Crippen LogP) is 2.73. The Morgan fingerprint density at radius 3 is 2.50 bits per heavy atom. The van der Waals surface area contributed by atoms with Crippen LogP contribution in [0.2, 0.25) is 10.0 Å². The van der Waals surface area contributed by atoms with Crippen LogP contribution in [0.5, 0.6) is 0 Å². The summed E-state index contributed by atoms with van der Waals surface area (Å²) >= 11 is 11.7. The van der Waals surface area contributed by atoms with E-state index in [1.807, 2.05) is 13.0 Å². The van der Waals surface area contributed by atoms with Gasteiger partial charge in [-0.05, 0) is 24.6 Å². The van der Waals surface area contributed by atoms with Crippen molar-refractivity contribution >= 4 is 29.1 Å². The normalized spacial score (nSPS) is 25.5. The first-order valence-electron chi connectivity index (χ1n) is 4.28. The second-order valence-corrected chi connectivity index (χ2v) is 4.50. The Morgan fingerprint density at radius 2 is 2.00 bits per heavy atom. The summed E-state index contributed by atoms with van der Waals surface area (Å²) < 4.78 is 0. The Morgan fingerprint density at radius 1 is 1.36 bits per heavy atom. The molecule has 1 aliphatic heterocycles. The van der Waals surface area contributed by atoms with Crippen molar-refractivity contribution in [3.8, 4) is 0 Å². The quantitative estimate of drug-likeness (QED) is 0.738. The minimum atomic E-state index is -0.273. The molecule has 1 aliphatic rings. The zero-order valence-electron chi connectivity index (χ0n) is 7.60. The van der Waals surface area contributed by atoms with Crippen LogP contribution in [0.1, 0.15) is 18.9 Å². The first-order chi connectivity index (χ1) is 6.51. The van der Waals surface area contributed by atoms with Crippen molar-refractivity contribution in [1.82, 2.24) is 5.32 Å². The van der Waals surface area contributed by atoms with Crippen LogP contribution in [0.25, 0.3) is 0 Å². The fourth-order valence-electron chi connectivity index (χ4n) is 1.62. The molecule has 4 heteroatoms. The van der Waals surface area contributed by atoms with Gasteiger partial charge < -0.3 is 5.32 Å². The lowest BCUT2D eigenvalue weighted by Gasteiger charge is -2.39. The number of carbonyl (C=O) groups excluding carboxylic acids is 1. The monoisotopic (exact) mass is 229 g/mol. The van der Waals surface area contributed by atoms with E-state index in [9.17, 15) is 4.79 Å². The van der Waals surface area contributed by atoms with Crippen LogP contribution in [0.4, 0.5) is 0 Å². The molecule has 0 radical (unpaired) electrons. The number of benzene rings is 1. The average molecular weight is 230 g/mol. The average Bonchev–Trinajstić information content (AvgIpc) is 2.07. The number of rotatable bonds is 1. The highest BCUT2D eigenvalue weighted by atomic mass is 35.5. The third-order valence-electron chi connectivity index (χ3n) is 2.49. The van der Waals surface area contributed by atoms with E-state index in [2.05, 4.69) is 5.32 Å². The van der Waals surface area contributed by atoms with Crippen molar-refractivity contribution in [2.24, 2.45) is 0 Å². The highest BCUT2D eigenvalue weighted by molar-refractivity contribution is 6.42. The van der Waals surface area contributed by atoms with Crippen LogP contribution in [0, 0.1) is 0 Å². The van der Waals surface area contributed by atoms with Crippen LogP contribution >= 0.6 is 23.2 Å². The third-order valence-corrected chi connectivity index (χ3v) is 3.23. The highest BCUT2D eigenvalue weighted by Gasteiger charge is 2.39. The molecule has 1 saturated heterocycles. The maximum Gasteiger partial charge on any atom is 0.223 e. The Hall–Kier alpha value is -0.730. The number of nitrogens with one attached hydrogen (secondary N) is 1. The van der Waals surface area contributed by atoms with Crippen molar-refractivity contribution in [3.05, 3.63) is 33.8 Å². The van der Waals surface area contributed by atoms with Crippen LogP contribution in [-0.2, 0) is 10.3 Å². The summed E-state index contributed by atoms with van der Waals surface area (Å²) in [7, 11) is 0. The van der Waals surface area contributed by atoms with Gasteiger partial charge in [0.1, 0.15) is 0 Å². The minimum absolute atomic E-state index is 0.0681. The molecule has 1 amide bonds. The molecule has 14 heavy (non-hydrogen) atoms.